The van der Waals surface area contributed by atoms with Gasteiger partial charge in [-0.1, -0.05) is 29.5 Å². The first-order valence-electron chi connectivity index (χ1n) is 8.52. The fourth-order valence-electron chi connectivity index (χ4n) is 3.45. The molecule has 1 aromatic carbocycles. The number of nitrogens with one attached hydrogen (secondary N) is 1. The van der Waals surface area contributed by atoms with E-state index >= 15 is 0 Å². The molecule has 130 valence electrons. The van der Waals surface area contributed by atoms with Gasteiger partial charge >= 0.3 is 6.03 Å². The average molecular weight is 364 g/mol. The largest absolute Gasteiger partial charge is 0.324 e. The maximum Gasteiger partial charge on any atom is 0.324 e. The third-order valence-corrected chi connectivity index (χ3v) is 5.61. The zero-order valence-corrected chi connectivity index (χ0v) is 14.7. The normalized spacial score (nSPS) is 17.2. The van der Waals surface area contributed by atoms with Crippen molar-refractivity contribution in [2.75, 3.05) is 11.9 Å². The van der Waals surface area contributed by atoms with E-state index in [1.165, 1.54) is 11.3 Å². The molecule has 8 heteroatoms. The Labute approximate surface area is 153 Å². The topological polar surface area (TPSA) is 75.4 Å². The van der Waals surface area contributed by atoms with Crippen molar-refractivity contribution in [2.24, 2.45) is 0 Å². The lowest BCUT2D eigenvalue weighted by molar-refractivity contribution is 0.204. The number of likely N-dealkylation sites (tertiary alicyclic amines) is 1. The van der Waals surface area contributed by atoms with E-state index < -0.39 is 0 Å². The minimum absolute atomic E-state index is 0.0817. The van der Waals surface area contributed by atoms with Crippen LogP contribution in [0.1, 0.15) is 24.7 Å². The number of hydrogen-bond donors (Lipinski definition) is 1. The number of hydrogen-bond acceptors (Lipinski definition) is 5. The van der Waals surface area contributed by atoms with Gasteiger partial charge in [-0.25, -0.2) is 9.78 Å². The second-order valence-corrected chi connectivity index (χ2v) is 7.29. The van der Waals surface area contributed by atoms with E-state index in [4.69, 9.17) is 0 Å². The van der Waals surface area contributed by atoms with Crippen LogP contribution in [0.2, 0.25) is 0 Å². The van der Waals surface area contributed by atoms with Crippen LogP contribution in [0.15, 0.2) is 48.7 Å². The third-order valence-electron chi connectivity index (χ3n) is 4.66. The molecular weight excluding hydrogens is 348 g/mol. The number of urea groups is 1. The summed E-state index contributed by atoms with van der Waals surface area (Å²) in [4.78, 5) is 19.2. The molecule has 1 aliphatic rings. The van der Waals surface area contributed by atoms with Crippen molar-refractivity contribution in [1.29, 1.82) is 0 Å². The van der Waals surface area contributed by atoms with Gasteiger partial charge in [0.05, 0.1) is 16.3 Å². The Balaban J connectivity index is 1.42. The summed E-state index contributed by atoms with van der Waals surface area (Å²) >= 11 is 1.48. The molecule has 1 atom stereocenters. The standard InChI is InChI=1S/C18H16N6OS/c25-18(20-17-19-12-6-1-2-8-14(12)26-17)23-11-5-7-13(23)16-22-21-15-9-3-4-10-24(15)16/h1-4,6,8-10,13H,5,7,11H2,(H,19,20,25)/t13-/m1/s1. The van der Waals surface area contributed by atoms with Gasteiger partial charge in [0.15, 0.2) is 16.6 Å². The van der Waals surface area contributed by atoms with Crippen LogP contribution in [0.5, 0.6) is 0 Å². The van der Waals surface area contributed by atoms with Crippen LogP contribution in [0.4, 0.5) is 9.93 Å². The molecule has 7 nitrogen and oxygen atoms in total. The molecule has 2 amide bonds. The van der Waals surface area contributed by atoms with Crippen LogP contribution in [-0.2, 0) is 0 Å². The Morgan fingerprint density at radius 2 is 2.04 bits per heavy atom. The summed E-state index contributed by atoms with van der Waals surface area (Å²) in [6.07, 6.45) is 3.76. The molecule has 3 aromatic heterocycles. The number of thiazole rings is 1. The van der Waals surface area contributed by atoms with E-state index in [9.17, 15) is 4.79 Å². The molecule has 4 aromatic rings. The summed E-state index contributed by atoms with van der Waals surface area (Å²) in [5, 5.41) is 12.1. The maximum atomic E-state index is 12.9. The average Bonchev–Trinajstić information content (AvgIpc) is 3.38. The van der Waals surface area contributed by atoms with E-state index in [1.807, 2.05) is 58.0 Å². The van der Waals surface area contributed by atoms with Gasteiger partial charge in [-0.05, 0) is 37.1 Å². The first-order valence-corrected chi connectivity index (χ1v) is 9.34. The Morgan fingerprint density at radius 3 is 2.96 bits per heavy atom. The summed E-state index contributed by atoms with van der Waals surface area (Å²) in [7, 11) is 0. The lowest BCUT2D eigenvalue weighted by atomic mass is 10.2. The molecule has 0 unspecified atom stereocenters. The number of benzene rings is 1. The third kappa shape index (κ3) is 2.50. The summed E-state index contributed by atoms with van der Waals surface area (Å²) < 4.78 is 3.01. The van der Waals surface area contributed by atoms with E-state index in [-0.39, 0.29) is 12.1 Å². The number of carbonyl (C=O) groups excluding carboxylic acids is 1. The highest BCUT2D eigenvalue weighted by atomic mass is 32.1. The Kier molecular flexibility index (Phi) is 3.56. The molecule has 26 heavy (non-hydrogen) atoms. The number of carbonyl (C=O) groups is 1. The zero-order chi connectivity index (χ0) is 17.5. The van der Waals surface area contributed by atoms with Gasteiger partial charge in [0.1, 0.15) is 0 Å². The Morgan fingerprint density at radius 1 is 1.15 bits per heavy atom. The van der Waals surface area contributed by atoms with Crippen LogP contribution in [0.25, 0.3) is 15.9 Å². The van der Waals surface area contributed by atoms with E-state index in [2.05, 4.69) is 20.5 Å². The van der Waals surface area contributed by atoms with Crippen molar-refractivity contribution in [3.8, 4) is 0 Å². The molecule has 1 aliphatic heterocycles. The smallest absolute Gasteiger partial charge is 0.314 e. The number of anilines is 1. The second kappa shape index (κ2) is 6.06. The molecule has 4 heterocycles. The summed E-state index contributed by atoms with van der Waals surface area (Å²) in [5.41, 5.74) is 1.69. The van der Waals surface area contributed by atoms with E-state index in [0.29, 0.717) is 11.7 Å². The predicted octanol–water partition coefficient (Wildman–Crippen LogP) is 3.71. The van der Waals surface area contributed by atoms with Gasteiger partial charge in [-0.2, -0.15) is 0 Å². The van der Waals surface area contributed by atoms with Crippen LogP contribution >= 0.6 is 11.3 Å². The van der Waals surface area contributed by atoms with Crippen molar-refractivity contribution in [3.63, 3.8) is 0 Å². The molecule has 0 aliphatic carbocycles. The van der Waals surface area contributed by atoms with Gasteiger partial charge in [0, 0.05) is 12.7 Å². The van der Waals surface area contributed by atoms with Crippen molar-refractivity contribution < 1.29 is 4.79 Å². The highest BCUT2D eigenvalue weighted by molar-refractivity contribution is 7.22. The lowest BCUT2D eigenvalue weighted by Gasteiger charge is -2.23. The van der Waals surface area contributed by atoms with Gasteiger partial charge in [0.25, 0.3) is 0 Å². The van der Waals surface area contributed by atoms with Crippen molar-refractivity contribution in [2.45, 2.75) is 18.9 Å². The molecular formula is C18H16N6OS. The zero-order valence-electron chi connectivity index (χ0n) is 13.9. The van der Waals surface area contributed by atoms with Crippen LogP contribution in [0.3, 0.4) is 0 Å². The van der Waals surface area contributed by atoms with Crippen LogP contribution in [0, 0.1) is 0 Å². The van der Waals surface area contributed by atoms with E-state index in [1.54, 1.807) is 0 Å². The number of pyridine rings is 1. The highest BCUT2D eigenvalue weighted by Gasteiger charge is 2.33. The van der Waals surface area contributed by atoms with E-state index in [0.717, 1.165) is 34.5 Å². The molecule has 0 saturated carbocycles. The summed E-state index contributed by atoms with van der Waals surface area (Å²) in [6, 6.07) is 13.4. The van der Waals surface area contributed by atoms with Gasteiger partial charge in [0.2, 0.25) is 0 Å². The van der Waals surface area contributed by atoms with Crippen molar-refractivity contribution in [3.05, 3.63) is 54.5 Å². The number of amides is 2. The first-order chi connectivity index (χ1) is 12.8. The van der Waals surface area contributed by atoms with Gasteiger partial charge in [-0.3, -0.25) is 9.72 Å². The fraction of sp³-hybridized carbons (Fsp3) is 0.222. The molecule has 0 radical (unpaired) electrons. The lowest BCUT2D eigenvalue weighted by Crippen LogP contribution is -2.35. The maximum absolute atomic E-state index is 12.9. The molecule has 1 saturated heterocycles. The molecule has 5 rings (SSSR count). The van der Waals surface area contributed by atoms with Gasteiger partial charge in [-0.15, -0.1) is 10.2 Å². The number of nitrogens with zero attached hydrogens (tertiary/aromatic N) is 5. The predicted molar refractivity (Wildman–Crippen MR) is 100 cm³/mol. The molecule has 1 fully saturated rings. The number of fused-ring (bicyclic) bond motifs is 2. The summed E-state index contributed by atoms with van der Waals surface area (Å²) in [6.45, 7) is 0.698. The van der Waals surface area contributed by atoms with Crippen molar-refractivity contribution >= 4 is 38.4 Å². The first kappa shape index (κ1) is 15.3. The molecule has 0 spiro atoms. The number of rotatable bonds is 2. The SMILES string of the molecule is O=C(Nc1nc2ccccc2s1)N1CCC[C@@H]1c1nnc2ccccn12. The monoisotopic (exact) mass is 364 g/mol. The fourth-order valence-corrected chi connectivity index (χ4v) is 4.31. The Bertz CT molecular complexity index is 1070. The minimum atomic E-state index is -0.140. The van der Waals surface area contributed by atoms with Crippen LogP contribution < -0.4 is 5.32 Å². The summed E-state index contributed by atoms with van der Waals surface area (Å²) in [5.74, 6) is 0.803. The van der Waals surface area contributed by atoms with Gasteiger partial charge < -0.3 is 4.90 Å². The number of para-hydroxylation sites is 1. The Hall–Kier alpha value is -3.00. The van der Waals surface area contributed by atoms with Crippen LogP contribution in [-0.4, -0.2) is 37.1 Å². The second-order valence-electron chi connectivity index (χ2n) is 6.26. The van der Waals surface area contributed by atoms with Crippen molar-refractivity contribution in [1.82, 2.24) is 24.5 Å². The minimum Gasteiger partial charge on any atom is -0.314 e. The quantitative estimate of drug-likeness (QED) is 0.588. The molecule has 0 bridgehead atoms. The highest BCUT2D eigenvalue weighted by Crippen LogP contribution is 2.32. The molecule has 1 N–H and O–H groups in total. The number of aromatic nitrogens is 4.